The number of halogens is 1. The molecule has 1 nitrogen and oxygen atoms in total. The van der Waals surface area contributed by atoms with Gasteiger partial charge in [0.25, 0.3) is 0 Å². The highest BCUT2D eigenvalue weighted by Crippen LogP contribution is 2.31. The second-order valence-electron chi connectivity index (χ2n) is 3.77. The van der Waals surface area contributed by atoms with Crippen LogP contribution in [0.25, 0.3) is 0 Å². The van der Waals surface area contributed by atoms with Crippen LogP contribution in [0.15, 0.2) is 0 Å². The largest absolute Gasteiger partial charge is 0.297 e. The third kappa shape index (κ3) is 1.48. The number of nitrogens with zero attached hydrogens (tertiary/aromatic N) is 1. The predicted octanol–water partition coefficient (Wildman–Crippen LogP) is 2.40. The van der Waals surface area contributed by atoms with Gasteiger partial charge in [0.2, 0.25) is 0 Å². The predicted molar refractivity (Wildman–Crippen MR) is 51.2 cm³/mol. The van der Waals surface area contributed by atoms with Crippen molar-refractivity contribution in [1.82, 2.24) is 4.90 Å². The molecule has 2 fully saturated rings. The summed E-state index contributed by atoms with van der Waals surface area (Å²) in [6, 6.07) is 1.81. The summed E-state index contributed by atoms with van der Waals surface area (Å²) in [6.45, 7) is 1.36. The standard InChI is InChI=1S/C9H16BrN/c10-7-9-4-1-3-8-5-2-6-11(8)9/h8-9H,1-7H2/t8-,9+/m1/s1. The Labute approximate surface area is 77.3 Å². The molecule has 2 atom stereocenters. The Bertz CT molecular complexity index is 138. The van der Waals surface area contributed by atoms with Crippen LogP contribution >= 0.6 is 15.9 Å². The molecule has 2 aliphatic heterocycles. The van der Waals surface area contributed by atoms with E-state index >= 15 is 0 Å². The van der Waals surface area contributed by atoms with Crippen LogP contribution in [0.1, 0.15) is 32.1 Å². The van der Waals surface area contributed by atoms with E-state index in [2.05, 4.69) is 20.8 Å². The molecule has 0 aliphatic carbocycles. The molecule has 0 aromatic carbocycles. The van der Waals surface area contributed by atoms with Crippen molar-refractivity contribution in [3.8, 4) is 0 Å². The first-order valence-corrected chi connectivity index (χ1v) is 5.85. The van der Waals surface area contributed by atoms with E-state index in [1.807, 2.05) is 0 Å². The van der Waals surface area contributed by atoms with Crippen molar-refractivity contribution >= 4 is 15.9 Å². The highest BCUT2D eigenvalue weighted by Gasteiger charge is 2.32. The van der Waals surface area contributed by atoms with E-state index in [9.17, 15) is 0 Å². The second kappa shape index (κ2) is 3.44. The first-order valence-electron chi connectivity index (χ1n) is 4.73. The summed E-state index contributed by atoms with van der Waals surface area (Å²) in [7, 11) is 0. The van der Waals surface area contributed by atoms with E-state index in [1.54, 1.807) is 0 Å². The van der Waals surface area contributed by atoms with Crippen LogP contribution in [-0.2, 0) is 0 Å². The van der Waals surface area contributed by atoms with Gasteiger partial charge in [0, 0.05) is 17.4 Å². The number of piperidine rings is 1. The SMILES string of the molecule is BrC[C@@H]1CCC[C@@H]2CCCN21. The van der Waals surface area contributed by atoms with Gasteiger partial charge in [-0.25, -0.2) is 0 Å². The molecule has 11 heavy (non-hydrogen) atoms. The number of rotatable bonds is 1. The molecule has 2 heterocycles. The molecule has 0 bridgehead atoms. The Morgan fingerprint density at radius 2 is 2.00 bits per heavy atom. The summed E-state index contributed by atoms with van der Waals surface area (Å²) >= 11 is 3.61. The van der Waals surface area contributed by atoms with E-state index in [-0.39, 0.29) is 0 Å². The molecule has 0 aromatic heterocycles. The number of hydrogen-bond donors (Lipinski definition) is 0. The van der Waals surface area contributed by atoms with Crippen LogP contribution in [0.2, 0.25) is 0 Å². The Morgan fingerprint density at radius 1 is 1.18 bits per heavy atom. The van der Waals surface area contributed by atoms with E-state index in [0.29, 0.717) is 0 Å². The van der Waals surface area contributed by atoms with Gasteiger partial charge in [0.1, 0.15) is 0 Å². The van der Waals surface area contributed by atoms with Gasteiger partial charge in [0.15, 0.2) is 0 Å². The van der Waals surface area contributed by atoms with Crippen molar-refractivity contribution in [2.24, 2.45) is 0 Å². The molecule has 0 N–H and O–H groups in total. The fourth-order valence-corrected chi connectivity index (χ4v) is 3.27. The van der Waals surface area contributed by atoms with Crippen LogP contribution < -0.4 is 0 Å². The average molecular weight is 218 g/mol. The van der Waals surface area contributed by atoms with Gasteiger partial charge in [-0.1, -0.05) is 22.4 Å². The third-order valence-electron chi connectivity index (χ3n) is 3.14. The van der Waals surface area contributed by atoms with Crippen molar-refractivity contribution < 1.29 is 0 Å². The Hall–Kier alpha value is 0.440. The highest BCUT2D eigenvalue weighted by atomic mass is 79.9. The van der Waals surface area contributed by atoms with Gasteiger partial charge in [-0.2, -0.15) is 0 Å². The minimum Gasteiger partial charge on any atom is -0.297 e. The minimum absolute atomic E-state index is 0.858. The summed E-state index contributed by atoms with van der Waals surface area (Å²) in [5.74, 6) is 0. The molecule has 2 heteroatoms. The minimum atomic E-state index is 0.858. The van der Waals surface area contributed by atoms with Gasteiger partial charge in [0.05, 0.1) is 0 Å². The summed E-state index contributed by atoms with van der Waals surface area (Å²) in [4.78, 5) is 2.72. The third-order valence-corrected chi connectivity index (χ3v) is 3.89. The van der Waals surface area contributed by atoms with Crippen molar-refractivity contribution in [3.63, 3.8) is 0 Å². The molecule has 0 spiro atoms. The van der Waals surface area contributed by atoms with E-state index < -0.39 is 0 Å². The molecule has 64 valence electrons. The molecule has 0 unspecified atom stereocenters. The fourth-order valence-electron chi connectivity index (χ4n) is 2.57. The summed E-state index contributed by atoms with van der Waals surface area (Å²) < 4.78 is 0. The van der Waals surface area contributed by atoms with Crippen LogP contribution in [0.4, 0.5) is 0 Å². The molecule has 0 aromatic rings. The van der Waals surface area contributed by atoms with Crippen LogP contribution in [0.5, 0.6) is 0 Å². The number of alkyl halides is 1. The number of fused-ring (bicyclic) bond motifs is 1. The lowest BCUT2D eigenvalue weighted by atomic mass is 9.98. The van der Waals surface area contributed by atoms with Crippen molar-refractivity contribution in [2.45, 2.75) is 44.2 Å². The average Bonchev–Trinajstić information content (AvgIpc) is 2.50. The Kier molecular flexibility index (Phi) is 2.52. The molecule has 0 amide bonds. The van der Waals surface area contributed by atoms with E-state index in [4.69, 9.17) is 0 Å². The second-order valence-corrected chi connectivity index (χ2v) is 4.42. The summed E-state index contributed by atoms with van der Waals surface area (Å²) in [6.07, 6.45) is 7.24. The molecule has 0 saturated carbocycles. The monoisotopic (exact) mass is 217 g/mol. The zero-order chi connectivity index (χ0) is 7.68. The van der Waals surface area contributed by atoms with E-state index in [1.165, 1.54) is 44.0 Å². The molecule has 0 radical (unpaired) electrons. The normalized spacial score (nSPS) is 39.0. The zero-order valence-corrected chi connectivity index (χ0v) is 8.52. The highest BCUT2D eigenvalue weighted by molar-refractivity contribution is 9.09. The summed E-state index contributed by atoms with van der Waals surface area (Å²) in [5, 5.41) is 1.18. The van der Waals surface area contributed by atoms with Gasteiger partial charge in [-0.05, 0) is 32.2 Å². The maximum atomic E-state index is 3.61. The summed E-state index contributed by atoms with van der Waals surface area (Å²) in [5.41, 5.74) is 0. The van der Waals surface area contributed by atoms with Crippen molar-refractivity contribution in [2.75, 3.05) is 11.9 Å². The van der Waals surface area contributed by atoms with E-state index in [0.717, 1.165) is 12.1 Å². The van der Waals surface area contributed by atoms with Crippen LogP contribution in [0, 0.1) is 0 Å². The molecule has 2 aliphatic rings. The maximum Gasteiger partial charge on any atom is 0.0195 e. The van der Waals surface area contributed by atoms with Gasteiger partial charge in [-0.3, -0.25) is 4.90 Å². The lowest BCUT2D eigenvalue weighted by molar-refractivity contribution is 0.139. The topological polar surface area (TPSA) is 3.24 Å². The van der Waals surface area contributed by atoms with Crippen LogP contribution in [0.3, 0.4) is 0 Å². The quantitative estimate of drug-likeness (QED) is 0.611. The smallest absolute Gasteiger partial charge is 0.0195 e. The van der Waals surface area contributed by atoms with Gasteiger partial charge in [-0.15, -0.1) is 0 Å². The van der Waals surface area contributed by atoms with Crippen LogP contribution in [-0.4, -0.2) is 28.9 Å². The lowest BCUT2D eigenvalue weighted by Crippen LogP contribution is -2.43. The Balaban J connectivity index is 2.00. The Morgan fingerprint density at radius 3 is 2.82 bits per heavy atom. The molecule has 2 saturated heterocycles. The van der Waals surface area contributed by atoms with Gasteiger partial charge >= 0.3 is 0 Å². The van der Waals surface area contributed by atoms with Crippen molar-refractivity contribution in [1.29, 1.82) is 0 Å². The first kappa shape index (κ1) is 8.06. The van der Waals surface area contributed by atoms with Crippen molar-refractivity contribution in [3.05, 3.63) is 0 Å². The molecular weight excluding hydrogens is 202 g/mol. The zero-order valence-electron chi connectivity index (χ0n) is 6.93. The maximum absolute atomic E-state index is 3.61. The molecule has 2 rings (SSSR count). The first-order chi connectivity index (χ1) is 5.42. The fraction of sp³-hybridized carbons (Fsp3) is 1.00. The van der Waals surface area contributed by atoms with Gasteiger partial charge < -0.3 is 0 Å². The molecular formula is C9H16BrN. The number of hydrogen-bond acceptors (Lipinski definition) is 1. The lowest BCUT2D eigenvalue weighted by Gasteiger charge is -2.36.